The molecule has 2 aliphatic rings. The van der Waals surface area contributed by atoms with Gasteiger partial charge in [0, 0.05) is 13.1 Å². The molecule has 1 aromatic carbocycles. The van der Waals surface area contributed by atoms with Gasteiger partial charge in [0.15, 0.2) is 0 Å². The Labute approximate surface area is 144 Å². The Bertz CT molecular complexity index is 532. The Balaban J connectivity index is 1.44. The highest BCUT2D eigenvalue weighted by Crippen LogP contribution is 2.28. The SMILES string of the molecule is O=C(NCc1ccc(CN2CCCC2)cc1)NC1(CO)CCCC1. The molecule has 0 aromatic heterocycles. The van der Waals surface area contributed by atoms with E-state index in [2.05, 4.69) is 39.8 Å². The second kappa shape index (κ2) is 7.99. The molecule has 5 nitrogen and oxygen atoms in total. The fourth-order valence-electron chi connectivity index (χ4n) is 3.80. The number of hydrogen-bond acceptors (Lipinski definition) is 3. The molecule has 1 aliphatic carbocycles. The highest BCUT2D eigenvalue weighted by atomic mass is 16.3. The summed E-state index contributed by atoms with van der Waals surface area (Å²) in [5.41, 5.74) is 2.01. The molecule has 3 rings (SSSR count). The van der Waals surface area contributed by atoms with Crippen molar-refractivity contribution in [1.29, 1.82) is 0 Å². The minimum absolute atomic E-state index is 0.0195. The molecule has 0 spiro atoms. The topological polar surface area (TPSA) is 64.6 Å². The van der Waals surface area contributed by atoms with Crippen LogP contribution in [0.25, 0.3) is 0 Å². The van der Waals surface area contributed by atoms with Crippen molar-refractivity contribution in [2.24, 2.45) is 0 Å². The molecule has 2 fully saturated rings. The third-order valence-corrected chi connectivity index (χ3v) is 5.32. The number of rotatable bonds is 6. The molecule has 2 amide bonds. The number of carbonyl (C=O) groups is 1. The maximum absolute atomic E-state index is 12.1. The first kappa shape index (κ1) is 17.2. The van der Waals surface area contributed by atoms with Gasteiger partial charge in [-0.05, 0) is 49.9 Å². The number of aliphatic hydroxyl groups excluding tert-OH is 1. The molecule has 5 heteroatoms. The van der Waals surface area contributed by atoms with Crippen LogP contribution in [0.5, 0.6) is 0 Å². The van der Waals surface area contributed by atoms with Gasteiger partial charge in [-0.15, -0.1) is 0 Å². The van der Waals surface area contributed by atoms with E-state index in [1.807, 2.05) is 0 Å². The van der Waals surface area contributed by atoms with Crippen molar-refractivity contribution in [1.82, 2.24) is 15.5 Å². The van der Waals surface area contributed by atoms with Gasteiger partial charge in [0.25, 0.3) is 0 Å². The van der Waals surface area contributed by atoms with E-state index >= 15 is 0 Å². The van der Waals surface area contributed by atoms with E-state index in [0.717, 1.165) is 37.8 Å². The van der Waals surface area contributed by atoms with Crippen molar-refractivity contribution in [2.45, 2.75) is 57.2 Å². The second-order valence-corrected chi connectivity index (χ2v) is 7.25. The highest BCUT2D eigenvalue weighted by Gasteiger charge is 2.34. The molecular formula is C19H29N3O2. The molecule has 24 heavy (non-hydrogen) atoms. The lowest BCUT2D eigenvalue weighted by Crippen LogP contribution is -2.52. The van der Waals surface area contributed by atoms with Crippen LogP contribution in [-0.4, -0.2) is 41.3 Å². The molecule has 0 radical (unpaired) electrons. The van der Waals surface area contributed by atoms with Crippen LogP contribution >= 0.6 is 0 Å². The number of urea groups is 1. The molecule has 0 unspecified atom stereocenters. The Morgan fingerprint density at radius 3 is 2.29 bits per heavy atom. The van der Waals surface area contributed by atoms with E-state index in [1.165, 1.54) is 31.5 Å². The zero-order chi connectivity index (χ0) is 16.8. The number of hydrogen-bond donors (Lipinski definition) is 3. The van der Waals surface area contributed by atoms with E-state index in [9.17, 15) is 9.90 Å². The van der Waals surface area contributed by atoms with Crippen LogP contribution in [-0.2, 0) is 13.1 Å². The molecule has 3 N–H and O–H groups in total. The third kappa shape index (κ3) is 4.48. The largest absolute Gasteiger partial charge is 0.394 e. The van der Waals surface area contributed by atoms with Crippen molar-refractivity contribution in [3.8, 4) is 0 Å². The molecule has 1 saturated carbocycles. The molecule has 0 bridgehead atoms. The quantitative estimate of drug-likeness (QED) is 0.750. The van der Waals surface area contributed by atoms with Gasteiger partial charge in [0.05, 0.1) is 12.1 Å². The van der Waals surface area contributed by atoms with Crippen molar-refractivity contribution in [3.05, 3.63) is 35.4 Å². The summed E-state index contributed by atoms with van der Waals surface area (Å²) in [7, 11) is 0. The van der Waals surface area contributed by atoms with Crippen molar-refractivity contribution >= 4 is 6.03 Å². The van der Waals surface area contributed by atoms with Crippen molar-refractivity contribution in [2.75, 3.05) is 19.7 Å². The van der Waals surface area contributed by atoms with Crippen LogP contribution < -0.4 is 10.6 Å². The lowest BCUT2D eigenvalue weighted by atomic mass is 9.99. The lowest BCUT2D eigenvalue weighted by molar-refractivity contribution is 0.163. The van der Waals surface area contributed by atoms with E-state index in [-0.39, 0.29) is 12.6 Å². The molecule has 1 aliphatic heterocycles. The summed E-state index contributed by atoms with van der Waals surface area (Å²) in [6.07, 6.45) is 6.49. The van der Waals surface area contributed by atoms with Gasteiger partial charge >= 0.3 is 6.03 Å². The van der Waals surface area contributed by atoms with Gasteiger partial charge in [-0.2, -0.15) is 0 Å². The normalized spacial score (nSPS) is 20.2. The van der Waals surface area contributed by atoms with Gasteiger partial charge < -0.3 is 15.7 Å². The molecule has 132 valence electrons. The number of carbonyl (C=O) groups excluding carboxylic acids is 1. The number of likely N-dealkylation sites (tertiary alicyclic amines) is 1. The maximum Gasteiger partial charge on any atom is 0.315 e. The van der Waals surface area contributed by atoms with Crippen LogP contribution in [0.1, 0.15) is 49.7 Å². The third-order valence-electron chi connectivity index (χ3n) is 5.32. The first-order valence-corrected chi connectivity index (χ1v) is 9.16. The number of benzene rings is 1. The molecule has 1 saturated heterocycles. The fourth-order valence-corrected chi connectivity index (χ4v) is 3.80. The fraction of sp³-hybridized carbons (Fsp3) is 0.632. The van der Waals surface area contributed by atoms with Gasteiger partial charge in [-0.1, -0.05) is 37.1 Å². The summed E-state index contributed by atoms with van der Waals surface area (Å²) in [4.78, 5) is 14.6. The summed E-state index contributed by atoms with van der Waals surface area (Å²) in [5, 5.41) is 15.4. The Hall–Kier alpha value is -1.59. The average Bonchev–Trinajstić information content (AvgIpc) is 3.27. The smallest absolute Gasteiger partial charge is 0.315 e. The van der Waals surface area contributed by atoms with E-state index in [1.54, 1.807) is 0 Å². The minimum atomic E-state index is -0.413. The van der Waals surface area contributed by atoms with Crippen LogP contribution in [0.4, 0.5) is 4.79 Å². The molecule has 1 heterocycles. The lowest BCUT2D eigenvalue weighted by Gasteiger charge is -2.28. The Morgan fingerprint density at radius 1 is 1.04 bits per heavy atom. The number of nitrogens with one attached hydrogen (secondary N) is 2. The van der Waals surface area contributed by atoms with E-state index < -0.39 is 5.54 Å². The predicted octanol–water partition coefficient (Wildman–Crippen LogP) is 2.39. The van der Waals surface area contributed by atoms with Crippen LogP contribution in [0.3, 0.4) is 0 Å². The number of aliphatic hydroxyl groups is 1. The standard InChI is InChI=1S/C19H29N3O2/c23-15-19(9-1-2-10-19)21-18(24)20-13-16-5-7-17(8-6-16)14-22-11-3-4-12-22/h5-8,23H,1-4,9-15H2,(H2,20,21,24). The minimum Gasteiger partial charge on any atom is -0.394 e. The summed E-state index contributed by atoms with van der Waals surface area (Å²) >= 11 is 0. The average molecular weight is 331 g/mol. The second-order valence-electron chi connectivity index (χ2n) is 7.25. The zero-order valence-electron chi connectivity index (χ0n) is 14.4. The summed E-state index contributed by atoms with van der Waals surface area (Å²) in [6, 6.07) is 8.29. The van der Waals surface area contributed by atoms with Gasteiger partial charge in [0.1, 0.15) is 0 Å². The van der Waals surface area contributed by atoms with Gasteiger partial charge in [0.2, 0.25) is 0 Å². The van der Waals surface area contributed by atoms with Crippen molar-refractivity contribution in [3.63, 3.8) is 0 Å². The van der Waals surface area contributed by atoms with Crippen LogP contribution in [0, 0.1) is 0 Å². The summed E-state index contributed by atoms with van der Waals surface area (Å²) in [5.74, 6) is 0. The van der Waals surface area contributed by atoms with Crippen LogP contribution in [0.2, 0.25) is 0 Å². The first-order valence-electron chi connectivity index (χ1n) is 9.16. The Kier molecular flexibility index (Phi) is 5.74. The molecule has 0 atom stereocenters. The van der Waals surface area contributed by atoms with Crippen LogP contribution in [0.15, 0.2) is 24.3 Å². The van der Waals surface area contributed by atoms with Gasteiger partial charge in [-0.3, -0.25) is 4.90 Å². The van der Waals surface area contributed by atoms with Crippen molar-refractivity contribution < 1.29 is 9.90 Å². The highest BCUT2D eigenvalue weighted by molar-refractivity contribution is 5.74. The van der Waals surface area contributed by atoms with Gasteiger partial charge in [-0.25, -0.2) is 4.79 Å². The van der Waals surface area contributed by atoms with E-state index in [4.69, 9.17) is 0 Å². The molecular weight excluding hydrogens is 302 g/mol. The monoisotopic (exact) mass is 331 g/mol. The maximum atomic E-state index is 12.1. The Morgan fingerprint density at radius 2 is 1.67 bits per heavy atom. The summed E-state index contributed by atoms with van der Waals surface area (Å²) in [6.45, 7) is 3.96. The first-order chi connectivity index (χ1) is 11.7. The molecule has 1 aromatic rings. The zero-order valence-corrected chi connectivity index (χ0v) is 14.4. The predicted molar refractivity (Wildman–Crippen MR) is 94.6 cm³/mol. The summed E-state index contributed by atoms with van der Waals surface area (Å²) < 4.78 is 0. The number of amides is 2. The van der Waals surface area contributed by atoms with E-state index in [0.29, 0.717) is 6.54 Å². The number of nitrogens with zero attached hydrogens (tertiary/aromatic N) is 1.